The number of pyridine rings is 1. The molecule has 9 nitrogen and oxygen atoms in total. The maximum absolute atomic E-state index is 13.5. The Balaban J connectivity index is 1.01. The van der Waals surface area contributed by atoms with Crippen LogP contribution in [-0.2, 0) is 30.6 Å². The van der Waals surface area contributed by atoms with Gasteiger partial charge >= 0.3 is 12.1 Å². The zero-order valence-electron chi connectivity index (χ0n) is 25.2. The molecule has 1 atom stereocenters. The third kappa shape index (κ3) is 6.06. The molecule has 0 aliphatic carbocycles. The van der Waals surface area contributed by atoms with Crippen LogP contribution in [0.4, 0.5) is 13.2 Å². The second-order valence-corrected chi connectivity index (χ2v) is 12.0. The molecule has 5 aromatic rings. The number of fused-ring (bicyclic) bond motifs is 2. The van der Waals surface area contributed by atoms with Crippen LogP contribution < -0.4 is 4.74 Å². The lowest BCUT2D eigenvalue weighted by molar-refractivity contribution is -0.136. The first kappa shape index (κ1) is 30.2. The van der Waals surface area contributed by atoms with Gasteiger partial charge in [0.25, 0.3) is 0 Å². The van der Waals surface area contributed by atoms with Crippen LogP contribution in [0.1, 0.15) is 63.9 Å². The maximum atomic E-state index is 13.5. The van der Waals surface area contributed by atoms with Gasteiger partial charge in [-0.15, -0.1) is 0 Å². The molecule has 3 aromatic heterocycles. The van der Waals surface area contributed by atoms with E-state index in [0.29, 0.717) is 30.3 Å². The minimum Gasteiger partial charge on any atom is -0.478 e. The van der Waals surface area contributed by atoms with E-state index < -0.39 is 17.7 Å². The van der Waals surface area contributed by atoms with E-state index in [1.165, 1.54) is 12.1 Å². The summed E-state index contributed by atoms with van der Waals surface area (Å²) in [6, 6.07) is 14.5. The van der Waals surface area contributed by atoms with E-state index in [1.807, 2.05) is 12.1 Å². The normalized spacial score (nSPS) is 17.9. The molecule has 7 rings (SSSR count). The number of hydrogen-bond acceptors (Lipinski definition) is 7. The first-order chi connectivity index (χ1) is 22.1. The number of carbonyl (C=O) groups is 1. The second-order valence-electron chi connectivity index (χ2n) is 12.0. The van der Waals surface area contributed by atoms with Gasteiger partial charge in [0, 0.05) is 35.2 Å². The molecule has 0 spiro atoms. The van der Waals surface area contributed by atoms with E-state index >= 15 is 0 Å². The van der Waals surface area contributed by atoms with Crippen LogP contribution in [0, 0.1) is 6.92 Å². The van der Waals surface area contributed by atoms with Crippen molar-refractivity contribution in [3.8, 4) is 5.88 Å². The summed E-state index contributed by atoms with van der Waals surface area (Å²) in [5, 5.41) is 9.54. The molecule has 5 heterocycles. The van der Waals surface area contributed by atoms with Crippen molar-refractivity contribution in [3.63, 3.8) is 0 Å². The van der Waals surface area contributed by atoms with Crippen molar-refractivity contribution in [2.45, 2.75) is 64.1 Å². The average Bonchev–Trinajstić information content (AvgIpc) is 3.56. The maximum Gasteiger partial charge on any atom is 0.417 e. The van der Waals surface area contributed by atoms with Gasteiger partial charge < -0.3 is 23.6 Å². The van der Waals surface area contributed by atoms with Crippen LogP contribution in [0.3, 0.4) is 0 Å². The predicted molar refractivity (Wildman–Crippen MR) is 163 cm³/mol. The van der Waals surface area contributed by atoms with Gasteiger partial charge in [0.1, 0.15) is 23.8 Å². The fraction of sp³-hybridized carbons (Fsp3) is 0.382. The Bertz CT molecular complexity index is 1900. The number of halogens is 3. The third-order valence-corrected chi connectivity index (χ3v) is 8.94. The molecule has 2 aliphatic rings. The monoisotopic (exact) mass is 634 g/mol. The van der Waals surface area contributed by atoms with Gasteiger partial charge in [-0.1, -0.05) is 12.1 Å². The molecule has 2 fully saturated rings. The summed E-state index contributed by atoms with van der Waals surface area (Å²) in [6.45, 7) is 5.34. The summed E-state index contributed by atoms with van der Waals surface area (Å²) in [5.74, 6) is 0.959. The summed E-state index contributed by atoms with van der Waals surface area (Å²) in [7, 11) is 0. The third-order valence-electron chi connectivity index (χ3n) is 8.94. The molecule has 2 aliphatic heterocycles. The number of imidazole rings is 1. The van der Waals surface area contributed by atoms with Crippen molar-refractivity contribution in [1.29, 1.82) is 0 Å². The Morgan fingerprint density at radius 2 is 1.87 bits per heavy atom. The minimum atomic E-state index is -4.48. The highest BCUT2D eigenvalue weighted by molar-refractivity contribution is 5.92. The fourth-order valence-corrected chi connectivity index (χ4v) is 6.40. The van der Waals surface area contributed by atoms with Crippen LogP contribution >= 0.6 is 0 Å². The van der Waals surface area contributed by atoms with Gasteiger partial charge in [-0.2, -0.15) is 13.2 Å². The summed E-state index contributed by atoms with van der Waals surface area (Å²) < 4.78 is 59.9. The topological polar surface area (TPSA) is 103 Å². The Morgan fingerprint density at radius 1 is 1.07 bits per heavy atom. The van der Waals surface area contributed by atoms with Crippen molar-refractivity contribution < 1.29 is 37.0 Å². The van der Waals surface area contributed by atoms with Crippen LogP contribution in [0.15, 0.2) is 59.0 Å². The molecule has 46 heavy (non-hydrogen) atoms. The number of carboxylic acids is 1. The number of likely N-dealkylation sites (tertiary alicyclic amines) is 1. The number of alkyl halides is 3. The van der Waals surface area contributed by atoms with Crippen LogP contribution in [0.25, 0.3) is 22.0 Å². The summed E-state index contributed by atoms with van der Waals surface area (Å²) >= 11 is 0. The van der Waals surface area contributed by atoms with Gasteiger partial charge in [0.05, 0.1) is 41.4 Å². The van der Waals surface area contributed by atoms with E-state index in [1.54, 1.807) is 31.2 Å². The van der Waals surface area contributed by atoms with Gasteiger partial charge in [-0.25, -0.2) is 14.8 Å². The van der Waals surface area contributed by atoms with Crippen LogP contribution in [-0.4, -0.2) is 56.3 Å². The van der Waals surface area contributed by atoms with Crippen LogP contribution in [0.2, 0.25) is 0 Å². The van der Waals surface area contributed by atoms with Gasteiger partial charge in [-0.05, 0) is 75.7 Å². The molecule has 12 heteroatoms. The number of furan rings is 1. The smallest absolute Gasteiger partial charge is 0.417 e. The molecule has 240 valence electrons. The lowest BCUT2D eigenvalue weighted by atomic mass is 9.93. The summed E-state index contributed by atoms with van der Waals surface area (Å²) in [6.07, 6.45) is -1.64. The average molecular weight is 635 g/mol. The van der Waals surface area contributed by atoms with E-state index in [9.17, 15) is 23.1 Å². The number of nitrogens with zero attached hydrogens (tertiary/aromatic N) is 4. The van der Waals surface area contributed by atoms with Gasteiger partial charge in [-0.3, -0.25) is 4.90 Å². The lowest BCUT2D eigenvalue weighted by Crippen LogP contribution is -2.35. The number of aromatic carboxylic acids is 1. The van der Waals surface area contributed by atoms with E-state index in [4.69, 9.17) is 23.9 Å². The van der Waals surface area contributed by atoms with Crippen LogP contribution in [0.5, 0.6) is 5.88 Å². The van der Waals surface area contributed by atoms with E-state index in [-0.39, 0.29) is 35.2 Å². The summed E-state index contributed by atoms with van der Waals surface area (Å²) in [4.78, 5) is 23.6. The zero-order valence-corrected chi connectivity index (χ0v) is 25.2. The number of ether oxygens (including phenoxy) is 2. The summed E-state index contributed by atoms with van der Waals surface area (Å²) in [5.41, 5.74) is 2.69. The molecule has 2 aromatic carbocycles. The Morgan fingerprint density at radius 3 is 2.59 bits per heavy atom. The number of aryl methyl sites for hydroxylation is 1. The van der Waals surface area contributed by atoms with Crippen molar-refractivity contribution in [2.24, 2.45) is 0 Å². The quantitative estimate of drug-likeness (QED) is 0.186. The Labute approximate surface area is 262 Å². The number of benzene rings is 2. The molecule has 2 saturated heterocycles. The highest BCUT2D eigenvalue weighted by atomic mass is 19.4. The largest absolute Gasteiger partial charge is 0.478 e. The molecule has 0 amide bonds. The molecular formula is C34H33F3N4O5. The van der Waals surface area contributed by atoms with Crippen molar-refractivity contribution >= 4 is 28.0 Å². The molecule has 0 bridgehead atoms. The number of carboxylic acid groups (broad SMARTS) is 1. The molecule has 1 N–H and O–H groups in total. The highest BCUT2D eigenvalue weighted by Crippen LogP contribution is 2.38. The number of hydrogen-bond donors (Lipinski definition) is 1. The molecule has 0 radical (unpaired) electrons. The number of rotatable bonds is 9. The highest BCUT2D eigenvalue weighted by Gasteiger charge is 2.34. The van der Waals surface area contributed by atoms with E-state index in [0.717, 1.165) is 67.6 Å². The van der Waals surface area contributed by atoms with Crippen molar-refractivity contribution in [1.82, 2.24) is 19.4 Å². The number of aromatic nitrogens is 3. The predicted octanol–water partition coefficient (Wildman–Crippen LogP) is 6.95. The first-order valence-electron chi connectivity index (χ1n) is 15.4. The first-order valence-corrected chi connectivity index (χ1v) is 15.4. The second kappa shape index (κ2) is 12.1. The molecule has 0 saturated carbocycles. The lowest BCUT2D eigenvalue weighted by Gasteiger charge is -2.32. The van der Waals surface area contributed by atoms with E-state index in [2.05, 4.69) is 9.47 Å². The molecule has 0 unspecified atom stereocenters. The molecular weight excluding hydrogens is 601 g/mol. The fourth-order valence-electron chi connectivity index (χ4n) is 6.40. The minimum absolute atomic E-state index is 0.0246. The van der Waals surface area contributed by atoms with Gasteiger partial charge in [0.2, 0.25) is 5.88 Å². The zero-order chi connectivity index (χ0) is 32.0. The van der Waals surface area contributed by atoms with Gasteiger partial charge in [0.15, 0.2) is 0 Å². The van der Waals surface area contributed by atoms with Crippen molar-refractivity contribution in [3.05, 3.63) is 88.6 Å². The Hall–Kier alpha value is -4.42. The SMILES string of the molecule is Cc1cc2c(C(F)(F)F)ccc(COc3cccc(C4CCN(Cc5nc6ccc(C(=O)O)cc6n5C[C@@H]5CCO5)CC4)n3)c2o1. The standard InChI is InChI=1S/C34H33F3N4O5/c1-20-15-25-26(34(35,36)37)7-5-23(32(25)46-20)19-45-31-4-2-3-27(39-31)21-9-12-40(13-10-21)18-30-38-28-8-6-22(33(42)43)16-29(28)41(30)17-24-11-14-44-24/h2-8,15-16,21,24H,9-14,17-19H2,1H3,(H,42,43)/t24-/m0/s1. The Kier molecular flexibility index (Phi) is 7.93. The van der Waals surface area contributed by atoms with Crippen molar-refractivity contribution in [2.75, 3.05) is 19.7 Å². The number of piperidine rings is 1.